The van der Waals surface area contributed by atoms with Crippen molar-refractivity contribution in [3.8, 4) is 0 Å². The first kappa shape index (κ1) is 109. The summed E-state index contributed by atoms with van der Waals surface area (Å²) >= 11 is 0. The van der Waals surface area contributed by atoms with Crippen LogP contribution in [0.25, 0.3) is 0 Å². The van der Waals surface area contributed by atoms with Gasteiger partial charge in [0.1, 0.15) is 159 Å². The standard InChI is InChI=1S/C91H149NO43/c1-13-37(3)49(126-58(104)26-42(97)24-50(38(4)14-2)135-91(118)36-123-52(30-94)76(91)116)23-41(96)25-57(103)92-59-39(5)124-83(74(63(59)108)132-80-69(114)65(110)71(40(6)125-80)129-79-70(115)72(47(100)33-121-79)130-77-66(111)60(105)45(98)31-119-77)134-84(117)90-22-21-85(7,8)27-44(90)43-15-16-54-86(9)19-18-56(87(10,35-95)53(86)17-20-88(54,11)89(43,12)28-55(90)102)128-82-75(133-81-68(113)64(109)62(107)51(29-93)127-81)73(48(101)34-122-82)131-78-67(112)61(106)46(99)32-120-78/h15,35,37-42,44-56,59-83,93-94,96-102,105-116,118H,13-14,16-34,36H2,1-12H3,(H,92,103)/t37-,38-,39?,40?,41-,42-,44?,45+,46+,47+,48+,49-,50-,51?,52+,53+,54?,55?,56-,59-,60?,61-,62-,63?,64-,65?,66?,67?,68?,69?,70?,71-,72?,73-,74?,75?,76?,77-,78-,79-,80-,81-,82-,83-,86?,87+,88-,89+,90+,91?/m0/s1. The topological polar surface area (TPSA) is 682 Å². The molecule has 0 radical (unpaired) electrons. The van der Waals surface area contributed by atoms with Gasteiger partial charge in [0, 0.05) is 12.8 Å². The van der Waals surface area contributed by atoms with Gasteiger partial charge in [0.2, 0.25) is 18.0 Å². The van der Waals surface area contributed by atoms with E-state index in [4.69, 9.17) is 80.5 Å². The van der Waals surface area contributed by atoms with E-state index in [-0.39, 0.29) is 43.9 Å². The van der Waals surface area contributed by atoms with E-state index in [0.29, 0.717) is 51.4 Å². The molecule has 1 amide bonds. The number of carbonyl (C=O) groups excluding carboxylic acids is 4. The lowest BCUT2D eigenvalue weighted by molar-refractivity contribution is -0.384. The first-order chi connectivity index (χ1) is 63.4. The Morgan fingerprint density at radius 2 is 1.05 bits per heavy atom. The maximum atomic E-state index is 16.4. The number of allylic oxidation sites excluding steroid dienone is 2. The summed E-state index contributed by atoms with van der Waals surface area (Å²) in [6.45, 7) is 18.3. The molecule has 13 rings (SSSR count). The number of aliphatic hydroxyl groups excluding tert-OH is 21. The van der Waals surface area contributed by atoms with Crippen molar-refractivity contribution in [3.63, 3.8) is 0 Å². The number of ether oxygens (including phenoxy) is 17. The highest BCUT2D eigenvalue weighted by Crippen LogP contribution is 2.76. The fourth-order valence-electron chi connectivity index (χ4n) is 24.0. The number of carbonyl (C=O) groups is 4. The van der Waals surface area contributed by atoms with Crippen LogP contribution in [0.1, 0.15) is 179 Å². The second kappa shape index (κ2) is 43.3. The van der Waals surface area contributed by atoms with E-state index >= 15 is 4.79 Å². The van der Waals surface area contributed by atoms with Crippen LogP contribution in [0.2, 0.25) is 0 Å². The highest BCUT2D eigenvalue weighted by Gasteiger charge is 2.74. The molecule has 8 heterocycles. The zero-order valence-corrected chi connectivity index (χ0v) is 78.5. The molecule has 13 aliphatic rings. The Bertz CT molecular complexity index is 3960. The number of hydrogen-bond acceptors (Lipinski definition) is 43. The van der Waals surface area contributed by atoms with Gasteiger partial charge in [-0.25, -0.2) is 0 Å². The minimum atomic E-state index is -2.23. The van der Waals surface area contributed by atoms with Crippen molar-refractivity contribution in [1.29, 1.82) is 0 Å². The van der Waals surface area contributed by atoms with Crippen LogP contribution >= 0.6 is 0 Å². The number of fused-ring (bicyclic) bond motifs is 7. The first-order valence-corrected chi connectivity index (χ1v) is 47.8. The largest absolute Gasteiger partial charge is 0.462 e. The zero-order chi connectivity index (χ0) is 98.9. The molecule has 0 aromatic heterocycles. The average Bonchev–Trinajstić information content (AvgIpc) is 0.828. The molecule has 12 fully saturated rings. The van der Waals surface area contributed by atoms with Crippen LogP contribution in [0.5, 0.6) is 0 Å². The Kier molecular flexibility index (Phi) is 34.9. The predicted octanol–water partition coefficient (Wildman–Crippen LogP) is -5.57. The number of esters is 2. The van der Waals surface area contributed by atoms with Crippen LogP contribution in [0.4, 0.5) is 0 Å². The lowest BCUT2D eigenvalue weighted by Crippen LogP contribution is -2.69. The van der Waals surface area contributed by atoms with Crippen molar-refractivity contribution in [2.75, 3.05) is 46.2 Å². The highest BCUT2D eigenvalue weighted by molar-refractivity contribution is 5.80. The van der Waals surface area contributed by atoms with Gasteiger partial charge in [0.05, 0.1) is 107 Å². The average molecular weight is 1950 g/mol. The molecule has 0 spiro atoms. The normalized spacial score (nSPS) is 49.1. The van der Waals surface area contributed by atoms with Crippen LogP contribution in [-0.4, -0.2) is 428 Å². The number of amides is 1. The van der Waals surface area contributed by atoms with Crippen molar-refractivity contribution in [1.82, 2.24) is 5.32 Å². The molecule has 4 saturated carbocycles. The maximum Gasteiger partial charge on any atom is 0.317 e. The smallest absolute Gasteiger partial charge is 0.317 e. The summed E-state index contributed by atoms with van der Waals surface area (Å²) in [7, 11) is 0. The number of hydrogen-bond donors (Lipinski definition) is 23. The summed E-state index contributed by atoms with van der Waals surface area (Å²) in [6.07, 6.45) is -58.0. The molecule has 44 nitrogen and oxygen atoms in total. The third-order valence-electron chi connectivity index (χ3n) is 33.0. The van der Waals surface area contributed by atoms with Gasteiger partial charge >= 0.3 is 11.9 Å². The molecular weight excluding hydrogens is 1790 g/mol. The third-order valence-corrected chi connectivity index (χ3v) is 33.0. The Morgan fingerprint density at radius 1 is 0.519 bits per heavy atom. The van der Waals surface area contributed by atoms with Crippen LogP contribution in [0.3, 0.4) is 0 Å². The molecule has 50 atom stereocenters. The van der Waals surface area contributed by atoms with E-state index in [2.05, 4.69) is 46.0 Å². The number of aldehydes is 1. The molecular formula is C91H149NO43. The van der Waals surface area contributed by atoms with Crippen LogP contribution < -0.4 is 5.32 Å². The molecule has 8 saturated heterocycles. The van der Waals surface area contributed by atoms with Gasteiger partial charge in [-0.2, -0.15) is 0 Å². The van der Waals surface area contributed by atoms with Crippen molar-refractivity contribution >= 4 is 24.1 Å². The minimum Gasteiger partial charge on any atom is -0.462 e. The summed E-state index contributed by atoms with van der Waals surface area (Å²) in [6, 6.07) is -1.53. The van der Waals surface area contributed by atoms with Crippen molar-refractivity contribution in [2.45, 2.75) is 424 Å². The van der Waals surface area contributed by atoms with Crippen molar-refractivity contribution in [2.24, 2.45) is 62.1 Å². The van der Waals surface area contributed by atoms with Gasteiger partial charge in [-0.05, 0) is 123 Å². The lowest BCUT2D eigenvalue weighted by Gasteiger charge is -2.71. The molecule has 776 valence electrons. The van der Waals surface area contributed by atoms with Gasteiger partial charge in [-0.3, -0.25) is 14.4 Å². The summed E-state index contributed by atoms with van der Waals surface area (Å²) in [5, 5.41) is 249. The summed E-state index contributed by atoms with van der Waals surface area (Å²) in [5.74, 6) is -7.13. The van der Waals surface area contributed by atoms with Gasteiger partial charge in [0.25, 0.3) is 0 Å². The van der Waals surface area contributed by atoms with Crippen molar-refractivity contribution in [3.05, 3.63) is 11.6 Å². The monoisotopic (exact) mass is 1940 g/mol. The van der Waals surface area contributed by atoms with Crippen LogP contribution in [-0.2, 0) is 99.7 Å². The molecule has 5 aliphatic carbocycles. The first-order valence-electron chi connectivity index (χ1n) is 47.8. The summed E-state index contributed by atoms with van der Waals surface area (Å²) in [5.41, 5.74) is -4.94. The Hall–Kier alpha value is -3.66. The fraction of sp³-hybridized carbons (Fsp3) is 0.934. The van der Waals surface area contributed by atoms with Gasteiger partial charge in [-0.15, -0.1) is 0 Å². The van der Waals surface area contributed by atoms with Crippen LogP contribution in [0.15, 0.2) is 11.6 Å². The highest BCUT2D eigenvalue weighted by atomic mass is 16.8. The molecule has 135 heavy (non-hydrogen) atoms. The Labute approximate surface area is 782 Å². The molecule has 0 bridgehead atoms. The number of rotatable bonds is 33. The Morgan fingerprint density at radius 3 is 1.67 bits per heavy atom. The molecule has 0 aromatic rings. The second-order valence-corrected chi connectivity index (χ2v) is 42.2. The SMILES string of the molecule is CC[C@H](C)[C@H](C[C@H](O)CC(=O)N[C@H]1C(C)O[C@@H](OC(=O)[C@]23CCC(C)(C)CC2C2=CCC4C5(C)CC[C@H](O[C@@H]6OC[C@@H](O)[C@H](O[C@@H]7OC[C@@H](O)[C@H](O)C7O)C6O[C@@H]6OC(CO)[C@H](O)[C@H](O)C6O)[C@](C)(C=O)[C@@H]5CC[C@]4(C)[C@]2(C)CC3O)C(O[C@@H]2OC(C)[C@H](O[C@@H]3OC[C@@H](O)C(O[C@@H]4OC[C@@H](O)C(O)C4O)C3O)C(O)C2O)C1O)OC(=O)C[C@@H](O)C[C@H](OC1(O)CO[C@H](CO)C1O)[C@@H](C)CC. The molecule has 44 heteroatoms. The van der Waals surface area contributed by atoms with E-state index in [1.165, 1.54) is 13.8 Å². The molecule has 8 aliphatic heterocycles. The van der Waals surface area contributed by atoms with Crippen LogP contribution in [0, 0.1) is 62.1 Å². The van der Waals surface area contributed by atoms with Gasteiger partial charge in [0.15, 0.2) is 43.8 Å². The minimum absolute atomic E-state index is 0.000498. The number of nitrogens with one attached hydrogen (secondary N) is 1. The van der Waals surface area contributed by atoms with Gasteiger partial charge < -0.3 is 203 Å². The number of aliphatic hydroxyl groups is 22. The van der Waals surface area contributed by atoms with E-state index in [0.717, 1.165) is 11.9 Å². The molecule has 23 N–H and O–H groups in total. The quantitative estimate of drug-likeness (QED) is 0.00958. The van der Waals surface area contributed by atoms with E-state index in [9.17, 15) is 127 Å². The van der Waals surface area contributed by atoms with E-state index in [1.807, 2.05) is 6.92 Å². The molecule has 0 aromatic carbocycles. The third kappa shape index (κ3) is 21.3. The van der Waals surface area contributed by atoms with E-state index < -0.39 is 372 Å². The fourth-order valence-corrected chi connectivity index (χ4v) is 24.0. The lowest BCUT2D eigenvalue weighted by atomic mass is 9.33. The van der Waals surface area contributed by atoms with Crippen molar-refractivity contribution < 1.29 is 212 Å². The predicted molar refractivity (Wildman–Crippen MR) is 453 cm³/mol. The van der Waals surface area contributed by atoms with Gasteiger partial charge in [-0.1, -0.05) is 93.7 Å². The molecule has 20 unspecified atom stereocenters. The maximum absolute atomic E-state index is 16.4. The summed E-state index contributed by atoms with van der Waals surface area (Å²) in [4.78, 5) is 59.0. The second-order valence-electron chi connectivity index (χ2n) is 42.2. The Balaban J connectivity index is 0.739. The van der Waals surface area contributed by atoms with E-state index in [1.54, 1.807) is 27.7 Å². The zero-order valence-electron chi connectivity index (χ0n) is 78.5. The summed E-state index contributed by atoms with van der Waals surface area (Å²) < 4.78 is 103.